The van der Waals surface area contributed by atoms with Crippen LogP contribution in [0, 0.1) is 0 Å². The quantitative estimate of drug-likeness (QED) is 0.566. The van der Waals surface area contributed by atoms with Crippen molar-refractivity contribution in [3.63, 3.8) is 0 Å². The lowest BCUT2D eigenvalue weighted by Crippen LogP contribution is -2.56. The molecule has 0 radical (unpaired) electrons. The highest BCUT2D eigenvalue weighted by molar-refractivity contribution is 7.91. The Hall–Kier alpha value is -2.40. The number of ether oxygens (including phenoxy) is 1. The maximum absolute atomic E-state index is 12.8. The van der Waals surface area contributed by atoms with Gasteiger partial charge in [0.2, 0.25) is 0 Å². The van der Waals surface area contributed by atoms with Gasteiger partial charge in [0.05, 0.1) is 24.4 Å². The highest BCUT2D eigenvalue weighted by atomic mass is 32.2. The molecule has 2 aliphatic rings. The number of nitrogens with zero attached hydrogens (tertiary/aromatic N) is 3. The average Bonchev–Trinajstić information content (AvgIpc) is 3.37. The molecule has 0 aliphatic carbocycles. The van der Waals surface area contributed by atoms with Crippen LogP contribution in [0.3, 0.4) is 0 Å². The summed E-state index contributed by atoms with van der Waals surface area (Å²) >= 11 is 0. The van der Waals surface area contributed by atoms with Crippen LogP contribution in [-0.4, -0.2) is 105 Å². The molecule has 3 amide bonds. The van der Waals surface area contributed by atoms with Crippen LogP contribution in [0.4, 0.5) is 0 Å². The Bertz CT molecular complexity index is 845. The Labute approximate surface area is 169 Å². The van der Waals surface area contributed by atoms with Gasteiger partial charge < -0.3 is 23.9 Å². The van der Waals surface area contributed by atoms with E-state index in [1.807, 2.05) is 0 Å². The molecule has 0 bridgehead atoms. The van der Waals surface area contributed by atoms with Gasteiger partial charge in [-0.3, -0.25) is 14.4 Å². The van der Waals surface area contributed by atoms with Gasteiger partial charge in [0.1, 0.15) is 0 Å². The number of methoxy groups -OCH3 is 1. The summed E-state index contributed by atoms with van der Waals surface area (Å²) in [7, 11) is -1.72. The van der Waals surface area contributed by atoms with E-state index in [1.54, 1.807) is 17.0 Å². The topological polar surface area (TPSA) is 117 Å². The van der Waals surface area contributed by atoms with Crippen molar-refractivity contribution in [2.45, 2.75) is 12.5 Å². The fourth-order valence-corrected chi connectivity index (χ4v) is 5.32. The van der Waals surface area contributed by atoms with Crippen LogP contribution in [0.2, 0.25) is 0 Å². The summed E-state index contributed by atoms with van der Waals surface area (Å²) in [4.78, 5) is 42.2. The smallest absolute Gasteiger partial charge is 0.312 e. The zero-order chi connectivity index (χ0) is 21.0. The summed E-state index contributed by atoms with van der Waals surface area (Å²) in [6.45, 7) is 1.37. The third-order valence-corrected chi connectivity index (χ3v) is 6.97. The molecule has 2 fully saturated rings. The van der Waals surface area contributed by atoms with Crippen LogP contribution in [-0.2, 0) is 24.2 Å². The predicted octanol–water partition coefficient (Wildman–Crippen LogP) is -0.774. The Kier molecular flexibility index (Phi) is 6.58. The number of hydrogen-bond acceptors (Lipinski definition) is 7. The molecule has 0 saturated carbocycles. The van der Waals surface area contributed by atoms with E-state index < -0.39 is 27.7 Å². The molecular weight excluding hydrogens is 402 g/mol. The Balaban J connectivity index is 1.61. The molecule has 0 N–H and O–H groups in total. The van der Waals surface area contributed by atoms with Crippen molar-refractivity contribution in [3.05, 3.63) is 24.2 Å². The number of carbonyl (C=O) groups excluding carboxylic acids is 3. The first-order chi connectivity index (χ1) is 13.8. The number of amides is 3. The van der Waals surface area contributed by atoms with Crippen molar-refractivity contribution in [3.8, 4) is 0 Å². The van der Waals surface area contributed by atoms with E-state index in [0.717, 1.165) is 0 Å². The van der Waals surface area contributed by atoms with Gasteiger partial charge >= 0.3 is 11.8 Å². The minimum Gasteiger partial charge on any atom is -0.459 e. The van der Waals surface area contributed by atoms with Gasteiger partial charge in [-0.25, -0.2) is 8.42 Å². The molecule has 10 nitrogen and oxygen atoms in total. The molecule has 11 heteroatoms. The molecule has 1 aromatic heterocycles. The second kappa shape index (κ2) is 8.95. The first kappa shape index (κ1) is 21.3. The van der Waals surface area contributed by atoms with E-state index in [-0.39, 0.29) is 62.5 Å². The van der Waals surface area contributed by atoms with Gasteiger partial charge in [-0.15, -0.1) is 0 Å². The number of carbonyl (C=O) groups is 3. The van der Waals surface area contributed by atoms with Crippen molar-refractivity contribution >= 4 is 27.6 Å². The van der Waals surface area contributed by atoms with Crippen molar-refractivity contribution < 1.29 is 32.0 Å². The SMILES string of the molecule is COCCN(C(=O)C(=O)N1CCN(C(=O)c2ccco2)CC1)C1CCS(=O)(=O)C1. The normalized spacial score (nSPS) is 21.2. The molecule has 0 aromatic carbocycles. The van der Waals surface area contributed by atoms with Crippen LogP contribution in [0.1, 0.15) is 17.0 Å². The lowest BCUT2D eigenvalue weighted by atomic mass is 10.2. The Morgan fingerprint density at radius 2 is 1.90 bits per heavy atom. The monoisotopic (exact) mass is 427 g/mol. The molecule has 1 aromatic rings. The molecule has 1 atom stereocenters. The fraction of sp³-hybridized carbons (Fsp3) is 0.611. The number of furan rings is 1. The minimum atomic E-state index is -3.20. The van der Waals surface area contributed by atoms with E-state index in [9.17, 15) is 22.8 Å². The van der Waals surface area contributed by atoms with Gasteiger partial charge in [0, 0.05) is 45.9 Å². The highest BCUT2D eigenvalue weighted by Crippen LogP contribution is 2.19. The third kappa shape index (κ3) is 4.96. The fourth-order valence-electron chi connectivity index (χ4n) is 3.59. The first-order valence-electron chi connectivity index (χ1n) is 9.44. The standard InChI is InChI=1S/C18H25N3O7S/c1-27-11-9-21(14-4-12-29(25,26)13-14)18(24)17(23)20-7-5-19(6-8-20)16(22)15-3-2-10-28-15/h2-3,10,14H,4-9,11-13H2,1H3. The molecule has 160 valence electrons. The van der Waals surface area contributed by atoms with Gasteiger partial charge in [-0.05, 0) is 18.6 Å². The van der Waals surface area contributed by atoms with E-state index in [0.29, 0.717) is 6.42 Å². The second-order valence-electron chi connectivity index (χ2n) is 7.11. The molecule has 1 unspecified atom stereocenters. The zero-order valence-corrected chi connectivity index (χ0v) is 17.1. The number of piperazine rings is 1. The number of sulfone groups is 1. The Morgan fingerprint density at radius 1 is 1.21 bits per heavy atom. The summed E-state index contributed by atoms with van der Waals surface area (Å²) in [6, 6.07) is 2.68. The minimum absolute atomic E-state index is 0.0101. The molecule has 0 spiro atoms. The Morgan fingerprint density at radius 3 is 2.45 bits per heavy atom. The van der Waals surface area contributed by atoms with Crippen molar-refractivity contribution in [2.24, 2.45) is 0 Å². The van der Waals surface area contributed by atoms with E-state index in [2.05, 4.69) is 0 Å². The molecule has 3 rings (SSSR count). The lowest BCUT2D eigenvalue weighted by molar-refractivity contribution is -0.154. The van der Waals surface area contributed by atoms with Crippen molar-refractivity contribution in [2.75, 3.05) is 57.9 Å². The number of hydrogen-bond donors (Lipinski definition) is 0. The van der Waals surface area contributed by atoms with E-state index >= 15 is 0 Å². The van der Waals surface area contributed by atoms with Crippen LogP contribution >= 0.6 is 0 Å². The summed E-state index contributed by atoms with van der Waals surface area (Å²) < 4.78 is 33.7. The summed E-state index contributed by atoms with van der Waals surface area (Å²) in [6.07, 6.45) is 1.74. The summed E-state index contributed by atoms with van der Waals surface area (Å²) in [5.41, 5.74) is 0. The third-order valence-electron chi connectivity index (χ3n) is 5.22. The van der Waals surface area contributed by atoms with Crippen LogP contribution in [0.5, 0.6) is 0 Å². The molecule has 29 heavy (non-hydrogen) atoms. The molecule has 2 saturated heterocycles. The second-order valence-corrected chi connectivity index (χ2v) is 9.34. The maximum atomic E-state index is 12.8. The highest BCUT2D eigenvalue weighted by Gasteiger charge is 2.38. The number of rotatable bonds is 5. The van der Waals surface area contributed by atoms with E-state index in [4.69, 9.17) is 9.15 Å². The van der Waals surface area contributed by atoms with Crippen LogP contribution in [0.15, 0.2) is 22.8 Å². The largest absolute Gasteiger partial charge is 0.459 e. The summed E-state index contributed by atoms with van der Waals surface area (Å²) in [5, 5.41) is 0. The van der Waals surface area contributed by atoms with E-state index in [1.165, 1.54) is 23.2 Å². The van der Waals surface area contributed by atoms with Gasteiger partial charge in [-0.2, -0.15) is 0 Å². The van der Waals surface area contributed by atoms with Gasteiger partial charge in [0.15, 0.2) is 15.6 Å². The first-order valence-corrected chi connectivity index (χ1v) is 11.3. The van der Waals surface area contributed by atoms with Gasteiger partial charge in [-0.1, -0.05) is 0 Å². The maximum Gasteiger partial charge on any atom is 0.312 e. The van der Waals surface area contributed by atoms with Crippen molar-refractivity contribution in [1.29, 1.82) is 0 Å². The van der Waals surface area contributed by atoms with Crippen LogP contribution < -0.4 is 0 Å². The van der Waals surface area contributed by atoms with Gasteiger partial charge in [0.25, 0.3) is 5.91 Å². The average molecular weight is 427 g/mol. The molecule has 3 heterocycles. The summed E-state index contributed by atoms with van der Waals surface area (Å²) in [5.74, 6) is -1.57. The van der Waals surface area contributed by atoms with Crippen molar-refractivity contribution in [1.82, 2.24) is 14.7 Å². The zero-order valence-electron chi connectivity index (χ0n) is 16.3. The molecular formula is C18H25N3O7S. The van der Waals surface area contributed by atoms with Crippen LogP contribution in [0.25, 0.3) is 0 Å². The molecule has 2 aliphatic heterocycles. The lowest BCUT2D eigenvalue weighted by Gasteiger charge is -2.35. The predicted molar refractivity (Wildman–Crippen MR) is 102 cm³/mol.